The summed E-state index contributed by atoms with van der Waals surface area (Å²) in [7, 11) is 0. The van der Waals surface area contributed by atoms with Gasteiger partial charge in [-0.3, -0.25) is 0 Å². The van der Waals surface area contributed by atoms with E-state index >= 15 is 0 Å². The number of rotatable bonds is 5. The van der Waals surface area contributed by atoms with Crippen LogP contribution in [0.25, 0.3) is 10.8 Å². The van der Waals surface area contributed by atoms with Crippen LogP contribution in [0, 0.1) is 11.3 Å². The highest BCUT2D eigenvalue weighted by Crippen LogP contribution is 2.51. The van der Waals surface area contributed by atoms with Gasteiger partial charge in [-0.05, 0) is 52.1 Å². The summed E-state index contributed by atoms with van der Waals surface area (Å²) in [5, 5.41) is 14.3. The van der Waals surface area contributed by atoms with Crippen LogP contribution in [0.3, 0.4) is 0 Å². The lowest BCUT2D eigenvalue weighted by molar-refractivity contribution is -0.101. The van der Waals surface area contributed by atoms with Crippen molar-refractivity contribution < 1.29 is 5.11 Å². The highest BCUT2D eigenvalue weighted by molar-refractivity contribution is 5.83. The molecule has 3 aromatic rings. The van der Waals surface area contributed by atoms with Gasteiger partial charge >= 0.3 is 0 Å². The lowest BCUT2D eigenvalue weighted by Gasteiger charge is -2.50. The Morgan fingerprint density at radius 3 is 2.41 bits per heavy atom. The van der Waals surface area contributed by atoms with E-state index in [0.717, 1.165) is 31.2 Å². The minimum atomic E-state index is -0.711. The number of nitrogens with two attached hydrogens (primary N) is 1. The molecule has 3 N–H and O–H groups in total. The Bertz CT molecular complexity index is 964. The van der Waals surface area contributed by atoms with Crippen LogP contribution < -0.4 is 5.73 Å². The third kappa shape index (κ3) is 3.97. The summed E-state index contributed by atoms with van der Waals surface area (Å²) in [6, 6.07) is 25.2. The maximum absolute atomic E-state index is 11.8. The zero-order valence-electron chi connectivity index (χ0n) is 17.6. The predicted molar refractivity (Wildman–Crippen MR) is 122 cm³/mol. The Labute approximate surface area is 174 Å². The second kappa shape index (κ2) is 7.93. The molecule has 2 nitrogen and oxygen atoms in total. The molecule has 3 unspecified atom stereocenters. The Hall–Kier alpha value is -2.16. The van der Waals surface area contributed by atoms with Crippen molar-refractivity contribution in [3.05, 3.63) is 83.9 Å². The molecule has 29 heavy (non-hydrogen) atoms. The fourth-order valence-electron chi connectivity index (χ4n) is 5.50. The van der Waals surface area contributed by atoms with Gasteiger partial charge in [0.25, 0.3) is 0 Å². The summed E-state index contributed by atoms with van der Waals surface area (Å²) >= 11 is 0. The molecule has 0 saturated heterocycles. The van der Waals surface area contributed by atoms with Crippen LogP contribution in [0.4, 0.5) is 0 Å². The van der Waals surface area contributed by atoms with E-state index in [9.17, 15) is 5.11 Å². The van der Waals surface area contributed by atoms with Crippen LogP contribution in [0.1, 0.15) is 56.7 Å². The van der Waals surface area contributed by atoms with Crippen LogP contribution in [0.15, 0.2) is 72.8 Å². The molecule has 3 aromatic carbocycles. The number of hydrogen-bond acceptors (Lipinski definition) is 2. The number of hydrogen-bond donors (Lipinski definition) is 2. The van der Waals surface area contributed by atoms with Gasteiger partial charge in [-0.25, -0.2) is 0 Å². The van der Waals surface area contributed by atoms with Crippen LogP contribution in [-0.2, 0) is 6.42 Å². The molecule has 1 saturated carbocycles. The Balaban J connectivity index is 1.65. The van der Waals surface area contributed by atoms with Crippen molar-refractivity contribution in [1.29, 1.82) is 0 Å². The summed E-state index contributed by atoms with van der Waals surface area (Å²) < 4.78 is 0. The summed E-state index contributed by atoms with van der Waals surface area (Å²) in [5.74, 6) is 0.158. The Kier molecular flexibility index (Phi) is 5.50. The van der Waals surface area contributed by atoms with Crippen molar-refractivity contribution in [2.24, 2.45) is 17.1 Å². The summed E-state index contributed by atoms with van der Waals surface area (Å²) in [5.41, 5.74) is 8.33. The zero-order chi connectivity index (χ0) is 20.5. The number of aliphatic hydroxyl groups is 1. The minimum absolute atomic E-state index is 0.127. The average Bonchev–Trinajstić information content (AvgIpc) is 2.73. The van der Waals surface area contributed by atoms with Crippen molar-refractivity contribution in [3.63, 3.8) is 0 Å². The molecule has 2 heteroatoms. The van der Waals surface area contributed by atoms with Gasteiger partial charge in [0.2, 0.25) is 0 Å². The molecule has 0 heterocycles. The van der Waals surface area contributed by atoms with Gasteiger partial charge in [0.15, 0.2) is 0 Å². The van der Waals surface area contributed by atoms with Crippen molar-refractivity contribution in [2.75, 3.05) is 0 Å². The summed E-state index contributed by atoms with van der Waals surface area (Å²) in [6.45, 7) is 4.50. The highest BCUT2D eigenvalue weighted by Gasteiger charge is 2.49. The molecule has 0 aliphatic heterocycles. The highest BCUT2D eigenvalue weighted by atomic mass is 16.3. The van der Waals surface area contributed by atoms with Crippen LogP contribution >= 0.6 is 0 Å². The third-order valence-corrected chi connectivity index (χ3v) is 7.19. The van der Waals surface area contributed by atoms with Gasteiger partial charge in [-0.2, -0.15) is 0 Å². The van der Waals surface area contributed by atoms with E-state index in [0.29, 0.717) is 6.42 Å². The van der Waals surface area contributed by atoms with E-state index < -0.39 is 5.60 Å². The van der Waals surface area contributed by atoms with Crippen LogP contribution in [0.2, 0.25) is 0 Å². The summed E-state index contributed by atoms with van der Waals surface area (Å²) in [6.07, 6.45) is 4.82. The van der Waals surface area contributed by atoms with Crippen molar-refractivity contribution in [1.82, 2.24) is 0 Å². The predicted octanol–water partition coefficient (Wildman–Crippen LogP) is 6.03. The molecule has 0 radical (unpaired) electrons. The van der Waals surface area contributed by atoms with E-state index in [1.54, 1.807) is 0 Å². The molecule has 0 amide bonds. The van der Waals surface area contributed by atoms with Gasteiger partial charge in [0, 0.05) is 12.5 Å². The van der Waals surface area contributed by atoms with E-state index in [2.05, 4.69) is 80.6 Å². The smallest absolute Gasteiger partial charge is 0.0721 e. The first-order valence-electron chi connectivity index (χ1n) is 10.9. The molecule has 152 valence electrons. The maximum Gasteiger partial charge on any atom is 0.0721 e. The second-order valence-electron chi connectivity index (χ2n) is 9.47. The van der Waals surface area contributed by atoms with Crippen LogP contribution in [-0.4, -0.2) is 10.7 Å². The zero-order valence-corrected chi connectivity index (χ0v) is 17.6. The molecule has 4 rings (SSSR count). The Morgan fingerprint density at radius 2 is 1.66 bits per heavy atom. The van der Waals surface area contributed by atoms with Gasteiger partial charge in [-0.1, -0.05) is 93.4 Å². The first-order chi connectivity index (χ1) is 13.9. The fourth-order valence-corrected chi connectivity index (χ4v) is 5.50. The molecule has 1 aliphatic carbocycles. The number of fused-ring (bicyclic) bond motifs is 1. The monoisotopic (exact) mass is 387 g/mol. The van der Waals surface area contributed by atoms with Gasteiger partial charge in [0.1, 0.15) is 0 Å². The van der Waals surface area contributed by atoms with E-state index in [-0.39, 0.29) is 17.4 Å². The summed E-state index contributed by atoms with van der Waals surface area (Å²) in [4.78, 5) is 0. The Morgan fingerprint density at radius 1 is 0.966 bits per heavy atom. The molecular weight excluding hydrogens is 354 g/mol. The first-order valence-corrected chi connectivity index (χ1v) is 10.9. The third-order valence-electron chi connectivity index (χ3n) is 7.19. The topological polar surface area (TPSA) is 46.2 Å². The van der Waals surface area contributed by atoms with Crippen molar-refractivity contribution in [2.45, 2.75) is 57.6 Å². The van der Waals surface area contributed by atoms with Crippen molar-refractivity contribution in [3.8, 4) is 0 Å². The lowest BCUT2D eigenvalue weighted by Crippen LogP contribution is -2.52. The molecule has 0 aromatic heterocycles. The number of benzene rings is 3. The largest absolute Gasteiger partial charge is 0.389 e. The van der Waals surface area contributed by atoms with E-state index in [1.165, 1.54) is 16.3 Å². The van der Waals surface area contributed by atoms with Gasteiger partial charge in [-0.15, -0.1) is 0 Å². The molecule has 0 bridgehead atoms. The molecule has 1 aliphatic rings. The fraction of sp³-hybridized carbons (Fsp3) is 0.407. The maximum atomic E-state index is 11.8. The van der Waals surface area contributed by atoms with Crippen LogP contribution in [0.5, 0.6) is 0 Å². The first kappa shape index (κ1) is 20.1. The second-order valence-corrected chi connectivity index (χ2v) is 9.47. The van der Waals surface area contributed by atoms with Gasteiger partial charge in [0.05, 0.1) is 5.60 Å². The quantitative estimate of drug-likeness (QED) is 0.561. The van der Waals surface area contributed by atoms with Crippen molar-refractivity contribution >= 4 is 10.8 Å². The SMILES string of the molecule is CC(C)(C(N)c1ccc2ccccc2c1)C1CCCCC1(O)Cc1ccccc1. The van der Waals surface area contributed by atoms with E-state index in [4.69, 9.17) is 5.73 Å². The lowest BCUT2D eigenvalue weighted by atomic mass is 9.58. The molecule has 0 spiro atoms. The van der Waals surface area contributed by atoms with Gasteiger partial charge < -0.3 is 10.8 Å². The molecule has 3 atom stereocenters. The molecule has 1 fully saturated rings. The molecular formula is C27H33NO. The van der Waals surface area contributed by atoms with E-state index in [1.807, 2.05) is 6.07 Å². The average molecular weight is 388 g/mol. The normalized spacial score (nSPS) is 23.8. The minimum Gasteiger partial charge on any atom is -0.389 e. The standard InChI is InChI=1S/C27H33NO/c1-26(2,25(28)23-16-15-21-12-6-7-13-22(21)18-23)24-14-8-9-17-27(24,29)19-20-10-4-3-5-11-20/h3-7,10-13,15-16,18,24-25,29H,8-9,14,17,19,28H2,1-2H3.